The van der Waals surface area contributed by atoms with Crippen LogP contribution in [-0.2, 0) is 11.2 Å². The monoisotopic (exact) mass is 531 g/mol. The summed E-state index contributed by atoms with van der Waals surface area (Å²) in [6, 6.07) is 8.84. The summed E-state index contributed by atoms with van der Waals surface area (Å²) in [6.45, 7) is 0.354. The van der Waals surface area contributed by atoms with Crippen LogP contribution in [0, 0.1) is 6.92 Å². The normalized spacial score (nSPS) is 16.0. The van der Waals surface area contributed by atoms with Crippen molar-refractivity contribution in [1.82, 2.24) is 29.8 Å². The third-order valence-corrected chi connectivity index (χ3v) is 6.30. The van der Waals surface area contributed by atoms with Gasteiger partial charge in [0.1, 0.15) is 41.9 Å². The van der Waals surface area contributed by atoms with Gasteiger partial charge in [0.05, 0.1) is 13.3 Å². The first kappa shape index (κ1) is 24.8. The van der Waals surface area contributed by atoms with E-state index in [9.17, 15) is 18.0 Å². The van der Waals surface area contributed by atoms with Gasteiger partial charge in [0, 0.05) is 16.3 Å². The topological polar surface area (TPSA) is 91.0 Å². The summed E-state index contributed by atoms with van der Waals surface area (Å²) in [5, 5.41) is 13.0. The fourth-order valence-electron chi connectivity index (χ4n) is 4.37. The molecule has 0 aliphatic carbocycles. The zero-order valence-corrected chi connectivity index (χ0v) is 20.5. The van der Waals surface area contributed by atoms with Crippen LogP contribution in [0.1, 0.15) is 23.9 Å². The predicted molar refractivity (Wildman–Crippen MR) is 129 cm³/mol. The lowest BCUT2D eigenvalue weighted by atomic mass is 10.1. The molecule has 37 heavy (non-hydrogen) atoms. The molecule has 0 radical (unpaired) electrons. The van der Waals surface area contributed by atoms with E-state index in [2.05, 4.69) is 20.4 Å². The Morgan fingerprint density at radius 1 is 1.16 bits per heavy atom. The molecule has 3 heterocycles. The van der Waals surface area contributed by atoms with Gasteiger partial charge in [0.25, 0.3) is 5.91 Å². The Morgan fingerprint density at radius 2 is 1.95 bits per heavy atom. The SMILES string of the molecule is COc1cc(-c2cn([C@H]3CCc4cc(Cl)ccc4N(CC(F)(F)F)C3=O)nn2)ccc1-n1cnc(C)n1. The molecule has 9 nitrogen and oxygen atoms in total. The summed E-state index contributed by atoms with van der Waals surface area (Å²) in [7, 11) is 1.52. The van der Waals surface area contributed by atoms with Gasteiger partial charge in [0.2, 0.25) is 0 Å². The van der Waals surface area contributed by atoms with Gasteiger partial charge >= 0.3 is 6.18 Å². The molecule has 0 saturated carbocycles. The molecule has 5 rings (SSSR count). The third-order valence-electron chi connectivity index (χ3n) is 6.07. The fraction of sp³-hybridized carbons (Fsp3) is 0.292. The Balaban J connectivity index is 1.47. The number of aryl methyl sites for hydroxylation is 2. The van der Waals surface area contributed by atoms with E-state index in [1.54, 1.807) is 48.4 Å². The van der Waals surface area contributed by atoms with Gasteiger partial charge in [-0.25, -0.2) is 14.3 Å². The summed E-state index contributed by atoms with van der Waals surface area (Å²) < 4.78 is 48.7. The fourth-order valence-corrected chi connectivity index (χ4v) is 4.56. The van der Waals surface area contributed by atoms with Crippen LogP contribution in [0.3, 0.4) is 0 Å². The zero-order chi connectivity index (χ0) is 26.3. The molecule has 0 saturated heterocycles. The predicted octanol–water partition coefficient (Wildman–Crippen LogP) is 4.58. The Labute approximate surface area is 214 Å². The molecule has 2 aromatic heterocycles. The zero-order valence-electron chi connectivity index (χ0n) is 19.8. The number of carbonyl (C=O) groups excluding carboxylic acids is 1. The van der Waals surface area contributed by atoms with Crippen LogP contribution in [0.2, 0.25) is 5.02 Å². The number of aromatic nitrogens is 6. The maximum absolute atomic E-state index is 13.4. The molecular formula is C24H21ClF3N7O2. The van der Waals surface area contributed by atoms with E-state index in [-0.39, 0.29) is 12.1 Å². The van der Waals surface area contributed by atoms with Crippen molar-refractivity contribution in [1.29, 1.82) is 0 Å². The maximum atomic E-state index is 13.4. The Bertz CT molecular complexity index is 1470. The molecule has 1 aliphatic rings. The summed E-state index contributed by atoms with van der Waals surface area (Å²) in [4.78, 5) is 18.3. The Morgan fingerprint density at radius 3 is 2.65 bits per heavy atom. The molecule has 0 bridgehead atoms. The number of benzene rings is 2. The van der Waals surface area contributed by atoms with Gasteiger partial charge in [-0.15, -0.1) is 5.10 Å². The average Bonchev–Trinajstić information content (AvgIpc) is 3.49. The molecule has 1 aliphatic heterocycles. The number of rotatable bonds is 5. The van der Waals surface area contributed by atoms with Crippen LogP contribution in [0.25, 0.3) is 16.9 Å². The van der Waals surface area contributed by atoms with Crippen molar-refractivity contribution in [2.24, 2.45) is 0 Å². The molecule has 192 valence electrons. The standard InChI is InChI=1S/C24H21ClF3N7O2/c1-14-29-13-35(31-14)20-6-3-15(10-22(20)37-2)18-11-34(32-30-18)21-7-4-16-9-17(25)5-8-19(16)33(23(21)36)12-24(26,27)28/h3,5-6,8-11,13,21H,4,7,12H2,1-2H3/t21-/m0/s1. The van der Waals surface area contributed by atoms with Crippen molar-refractivity contribution >= 4 is 23.2 Å². The second kappa shape index (κ2) is 9.51. The van der Waals surface area contributed by atoms with Crippen LogP contribution < -0.4 is 9.64 Å². The lowest BCUT2D eigenvalue weighted by Gasteiger charge is -2.26. The lowest BCUT2D eigenvalue weighted by molar-refractivity contribution is -0.134. The van der Waals surface area contributed by atoms with Crippen molar-refractivity contribution < 1.29 is 22.7 Å². The highest BCUT2D eigenvalue weighted by Gasteiger charge is 2.39. The Kier molecular flexibility index (Phi) is 6.36. The number of fused-ring (bicyclic) bond motifs is 1. The molecular weight excluding hydrogens is 511 g/mol. The van der Waals surface area contributed by atoms with Crippen molar-refractivity contribution in [2.75, 3.05) is 18.6 Å². The largest absolute Gasteiger partial charge is 0.494 e. The first-order chi connectivity index (χ1) is 17.6. The van der Waals surface area contributed by atoms with Gasteiger partial charge < -0.3 is 9.64 Å². The summed E-state index contributed by atoms with van der Waals surface area (Å²) in [6.07, 6.45) is -0.896. The lowest BCUT2D eigenvalue weighted by Crippen LogP contribution is -2.42. The number of hydrogen-bond donors (Lipinski definition) is 0. The van der Waals surface area contributed by atoms with E-state index in [1.165, 1.54) is 23.9 Å². The molecule has 0 spiro atoms. The molecule has 0 N–H and O–H groups in total. The molecule has 0 unspecified atom stereocenters. The van der Waals surface area contributed by atoms with Gasteiger partial charge in [-0.3, -0.25) is 4.79 Å². The van der Waals surface area contributed by atoms with Crippen LogP contribution in [-0.4, -0.2) is 55.5 Å². The van der Waals surface area contributed by atoms with Crippen LogP contribution >= 0.6 is 11.6 Å². The first-order valence-corrected chi connectivity index (χ1v) is 11.7. The molecule has 0 fully saturated rings. The van der Waals surface area contributed by atoms with E-state index < -0.39 is 24.7 Å². The number of nitrogens with zero attached hydrogens (tertiary/aromatic N) is 7. The number of carbonyl (C=O) groups is 1. The number of amides is 1. The number of anilines is 1. The third kappa shape index (κ3) is 5.01. The minimum absolute atomic E-state index is 0.193. The van der Waals surface area contributed by atoms with Crippen LogP contribution in [0.15, 0.2) is 48.9 Å². The van der Waals surface area contributed by atoms with Gasteiger partial charge in [-0.05, 0) is 55.7 Å². The highest BCUT2D eigenvalue weighted by atomic mass is 35.5. The summed E-state index contributed by atoms with van der Waals surface area (Å²) >= 11 is 6.08. The minimum atomic E-state index is -4.59. The molecule has 13 heteroatoms. The van der Waals surface area contributed by atoms with E-state index in [0.29, 0.717) is 45.5 Å². The summed E-state index contributed by atoms with van der Waals surface area (Å²) in [5.74, 6) is 0.390. The van der Waals surface area contributed by atoms with E-state index >= 15 is 0 Å². The second-order valence-electron chi connectivity index (χ2n) is 8.57. The second-order valence-corrected chi connectivity index (χ2v) is 9.01. The summed E-state index contributed by atoms with van der Waals surface area (Å²) in [5.41, 5.74) is 2.50. The number of ether oxygens (including phenoxy) is 1. The highest BCUT2D eigenvalue weighted by Crippen LogP contribution is 2.36. The van der Waals surface area contributed by atoms with Crippen LogP contribution in [0.5, 0.6) is 5.75 Å². The van der Waals surface area contributed by atoms with Crippen LogP contribution in [0.4, 0.5) is 18.9 Å². The quantitative estimate of drug-likeness (QED) is 0.374. The number of halogens is 4. The van der Waals surface area contributed by atoms with Gasteiger partial charge in [-0.2, -0.15) is 18.3 Å². The molecule has 2 aromatic carbocycles. The van der Waals surface area contributed by atoms with Crippen molar-refractivity contribution in [3.8, 4) is 22.7 Å². The highest BCUT2D eigenvalue weighted by molar-refractivity contribution is 6.30. The van der Waals surface area contributed by atoms with E-state index in [4.69, 9.17) is 16.3 Å². The Hall–Kier alpha value is -3.93. The van der Waals surface area contributed by atoms with Crippen molar-refractivity contribution in [3.63, 3.8) is 0 Å². The molecule has 1 atom stereocenters. The van der Waals surface area contributed by atoms with Gasteiger partial charge in [-0.1, -0.05) is 22.9 Å². The van der Waals surface area contributed by atoms with Crippen molar-refractivity contribution in [3.05, 3.63) is 65.3 Å². The number of hydrogen-bond acceptors (Lipinski definition) is 6. The smallest absolute Gasteiger partial charge is 0.406 e. The molecule has 4 aromatic rings. The minimum Gasteiger partial charge on any atom is -0.494 e. The van der Waals surface area contributed by atoms with Gasteiger partial charge in [0.15, 0.2) is 0 Å². The first-order valence-electron chi connectivity index (χ1n) is 11.3. The van der Waals surface area contributed by atoms with Crippen molar-refractivity contribution in [2.45, 2.75) is 32.0 Å². The maximum Gasteiger partial charge on any atom is 0.406 e. The molecule has 1 amide bonds. The number of alkyl halides is 3. The van der Waals surface area contributed by atoms with E-state index in [0.717, 1.165) is 4.90 Å². The number of methoxy groups -OCH3 is 1. The average molecular weight is 532 g/mol. The van der Waals surface area contributed by atoms with E-state index in [1.807, 2.05) is 0 Å².